The van der Waals surface area contributed by atoms with Crippen LogP contribution >= 0.6 is 27.7 Å². The molecule has 0 aliphatic heterocycles. The Labute approximate surface area is 85.3 Å². The Hall–Kier alpha value is -0.0900. The lowest BCUT2D eigenvalue weighted by molar-refractivity contribution is 0.946. The van der Waals surface area contributed by atoms with Crippen molar-refractivity contribution in [2.45, 2.75) is 18.5 Å². The van der Waals surface area contributed by atoms with Gasteiger partial charge in [-0.2, -0.15) is 0 Å². The van der Waals surface area contributed by atoms with Gasteiger partial charge in [-0.3, -0.25) is 0 Å². The molecule has 66 valence electrons. The largest absolute Gasteiger partial charge is 0.231 e. The molecule has 0 atom stereocenters. The molecule has 0 fully saturated rings. The van der Waals surface area contributed by atoms with Crippen molar-refractivity contribution >= 4 is 27.7 Å². The summed E-state index contributed by atoms with van der Waals surface area (Å²) < 4.78 is 0. The smallest absolute Gasteiger partial charge is 0.187 e. The predicted octanol–water partition coefficient (Wildman–Crippen LogP) is 2.66. The van der Waals surface area contributed by atoms with Crippen molar-refractivity contribution in [1.29, 1.82) is 0 Å². The number of hydrogen-bond acceptors (Lipinski definition) is 3. The second kappa shape index (κ2) is 5.54. The summed E-state index contributed by atoms with van der Waals surface area (Å²) in [5.41, 5.74) is 1.11. The van der Waals surface area contributed by atoms with Crippen LogP contribution in [0.2, 0.25) is 0 Å². The monoisotopic (exact) mass is 246 g/mol. The number of nitrogens with zero attached hydrogens (tertiary/aromatic N) is 2. The molecular formula is C8H11BrN2S. The van der Waals surface area contributed by atoms with E-state index in [1.54, 1.807) is 11.8 Å². The van der Waals surface area contributed by atoms with E-state index < -0.39 is 0 Å². The maximum Gasteiger partial charge on any atom is 0.187 e. The third kappa shape index (κ3) is 3.54. The molecule has 12 heavy (non-hydrogen) atoms. The molecule has 0 amide bonds. The number of hydrogen-bond donors (Lipinski definition) is 0. The molecule has 0 bridgehead atoms. The van der Waals surface area contributed by atoms with Gasteiger partial charge in [0.1, 0.15) is 0 Å². The number of aryl methyl sites for hydroxylation is 1. The Kier molecular flexibility index (Phi) is 4.61. The number of rotatable bonds is 4. The van der Waals surface area contributed by atoms with Gasteiger partial charge in [0.15, 0.2) is 5.16 Å². The van der Waals surface area contributed by atoms with E-state index >= 15 is 0 Å². The maximum absolute atomic E-state index is 4.19. The summed E-state index contributed by atoms with van der Waals surface area (Å²) in [6.07, 6.45) is 4.86. The number of thioether (sulfide) groups is 1. The molecule has 1 aromatic heterocycles. The SMILES string of the molecule is Cc1cnc(SCCCBr)nc1. The summed E-state index contributed by atoms with van der Waals surface area (Å²) >= 11 is 5.08. The highest BCUT2D eigenvalue weighted by Gasteiger charge is 1.95. The first-order valence-electron chi connectivity index (χ1n) is 3.80. The third-order valence-electron chi connectivity index (χ3n) is 1.27. The van der Waals surface area contributed by atoms with Crippen LogP contribution in [-0.4, -0.2) is 21.1 Å². The molecule has 1 aromatic rings. The number of halogens is 1. The van der Waals surface area contributed by atoms with E-state index in [4.69, 9.17) is 0 Å². The van der Waals surface area contributed by atoms with E-state index in [0.717, 1.165) is 28.2 Å². The van der Waals surface area contributed by atoms with Crippen LogP contribution in [0, 0.1) is 6.92 Å². The molecule has 0 saturated carbocycles. The van der Waals surface area contributed by atoms with E-state index in [-0.39, 0.29) is 0 Å². The lowest BCUT2D eigenvalue weighted by Gasteiger charge is -1.97. The fraction of sp³-hybridized carbons (Fsp3) is 0.500. The third-order valence-corrected chi connectivity index (χ3v) is 2.79. The molecule has 0 aromatic carbocycles. The van der Waals surface area contributed by atoms with Crippen LogP contribution in [0.1, 0.15) is 12.0 Å². The summed E-state index contributed by atoms with van der Waals surface area (Å²) in [5, 5.41) is 1.92. The van der Waals surface area contributed by atoms with Crippen molar-refractivity contribution in [3.05, 3.63) is 18.0 Å². The lowest BCUT2D eigenvalue weighted by atomic mass is 10.4. The molecule has 0 spiro atoms. The van der Waals surface area contributed by atoms with Gasteiger partial charge in [-0.1, -0.05) is 27.7 Å². The Balaban J connectivity index is 2.37. The van der Waals surface area contributed by atoms with Crippen molar-refractivity contribution in [1.82, 2.24) is 9.97 Å². The van der Waals surface area contributed by atoms with Crippen molar-refractivity contribution in [3.8, 4) is 0 Å². The standard InChI is InChI=1S/C8H11BrN2S/c1-7-5-10-8(11-6-7)12-4-2-3-9/h5-6H,2-4H2,1H3. The van der Waals surface area contributed by atoms with E-state index in [1.807, 2.05) is 19.3 Å². The van der Waals surface area contributed by atoms with E-state index in [2.05, 4.69) is 25.9 Å². The van der Waals surface area contributed by atoms with Crippen LogP contribution in [0.5, 0.6) is 0 Å². The fourth-order valence-electron chi connectivity index (χ4n) is 0.673. The predicted molar refractivity (Wildman–Crippen MR) is 55.9 cm³/mol. The zero-order valence-corrected chi connectivity index (χ0v) is 9.36. The average Bonchev–Trinajstić information content (AvgIpc) is 2.09. The normalized spacial score (nSPS) is 10.2. The Morgan fingerprint density at radius 1 is 1.42 bits per heavy atom. The summed E-state index contributed by atoms with van der Waals surface area (Å²) in [5.74, 6) is 1.08. The van der Waals surface area contributed by atoms with Gasteiger partial charge in [0.2, 0.25) is 0 Å². The molecule has 0 radical (unpaired) electrons. The zero-order chi connectivity index (χ0) is 8.81. The van der Waals surface area contributed by atoms with Crippen LogP contribution in [0.3, 0.4) is 0 Å². The van der Waals surface area contributed by atoms with E-state index in [1.165, 1.54) is 0 Å². The average molecular weight is 247 g/mol. The minimum atomic E-state index is 0.876. The second-order valence-electron chi connectivity index (χ2n) is 2.43. The van der Waals surface area contributed by atoms with Gasteiger partial charge in [0.25, 0.3) is 0 Å². The van der Waals surface area contributed by atoms with E-state index in [0.29, 0.717) is 0 Å². The van der Waals surface area contributed by atoms with Crippen molar-refractivity contribution < 1.29 is 0 Å². The topological polar surface area (TPSA) is 25.8 Å². The molecule has 0 N–H and O–H groups in total. The lowest BCUT2D eigenvalue weighted by Crippen LogP contribution is -1.88. The zero-order valence-electron chi connectivity index (χ0n) is 6.96. The van der Waals surface area contributed by atoms with Gasteiger partial charge in [-0.25, -0.2) is 9.97 Å². The van der Waals surface area contributed by atoms with E-state index in [9.17, 15) is 0 Å². The van der Waals surface area contributed by atoms with Crippen molar-refractivity contribution in [3.63, 3.8) is 0 Å². The summed E-state index contributed by atoms with van der Waals surface area (Å²) in [6.45, 7) is 1.99. The van der Waals surface area contributed by atoms with Crippen LogP contribution in [0.25, 0.3) is 0 Å². The quantitative estimate of drug-likeness (QED) is 0.354. The molecular weight excluding hydrogens is 236 g/mol. The molecule has 2 nitrogen and oxygen atoms in total. The van der Waals surface area contributed by atoms with Gasteiger partial charge in [-0.05, 0) is 18.9 Å². The first kappa shape index (κ1) is 9.99. The number of alkyl halides is 1. The van der Waals surface area contributed by atoms with Crippen molar-refractivity contribution in [2.24, 2.45) is 0 Å². The van der Waals surface area contributed by atoms with Crippen LogP contribution in [0.15, 0.2) is 17.6 Å². The van der Waals surface area contributed by atoms with Crippen LogP contribution < -0.4 is 0 Å². The minimum Gasteiger partial charge on any atom is -0.231 e. The summed E-state index contributed by atoms with van der Waals surface area (Å²) in [6, 6.07) is 0. The Morgan fingerprint density at radius 2 is 2.08 bits per heavy atom. The van der Waals surface area contributed by atoms with Gasteiger partial charge in [0, 0.05) is 23.5 Å². The Morgan fingerprint density at radius 3 is 2.67 bits per heavy atom. The minimum absolute atomic E-state index is 0.876. The number of aromatic nitrogens is 2. The Bertz CT molecular complexity index is 225. The van der Waals surface area contributed by atoms with Gasteiger partial charge >= 0.3 is 0 Å². The van der Waals surface area contributed by atoms with Crippen LogP contribution in [-0.2, 0) is 0 Å². The van der Waals surface area contributed by atoms with Gasteiger partial charge in [-0.15, -0.1) is 0 Å². The second-order valence-corrected chi connectivity index (χ2v) is 4.29. The van der Waals surface area contributed by atoms with Crippen LogP contribution in [0.4, 0.5) is 0 Å². The van der Waals surface area contributed by atoms with Gasteiger partial charge in [0.05, 0.1) is 0 Å². The van der Waals surface area contributed by atoms with Crippen molar-refractivity contribution in [2.75, 3.05) is 11.1 Å². The first-order valence-corrected chi connectivity index (χ1v) is 5.91. The molecule has 0 unspecified atom stereocenters. The molecule has 4 heteroatoms. The highest BCUT2D eigenvalue weighted by Crippen LogP contribution is 2.13. The summed E-state index contributed by atoms with van der Waals surface area (Å²) in [7, 11) is 0. The van der Waals surface area contributed by atoms with Gasteiger partial charge < -0.3 is 0 Å². The molecule has 0 aliphatic rings. The fourth-order valence-corrected chi connectivity index (χ4v) is 2.05. The first-order chi connectivity index (χ1) is 5.83. The highest BCUT2D eigenvalue weighted by molar-refractivity contribution is 9.09. The molecule has 1 heterocycles. The summed E-state index contributed by atoms with van der Waals surface area (Å²) in [4.78, 5) is 8.37. The molecule has 0 aliphatic carbocycles. The maximum atomic E-state index is 4.19. The molecule has 0 saturated heterocycles. The molecule has 1 rings (SSSR count). The highest BCUT2D eigenvalue weighted by atomic mass is 79.9.